The highest BCUT2D eigenvalue weighted by Crippen LogP contribution is 2.28. The molecule has 20 heavy (non-hydrogen) atoms. The number of rotatable bonds is 6. The number of aryl methyl sites for hydroxylation is 1. The summed E-state index contributed by atoms with van der Waals surface area (Å²) in [6.45, 7) is 5.48. The lowest BCUT2D eigenvalue weighted by Gasteiger charge is -2.18. The van der Waals surface area contributed by atoms with Crippen molar-refractivity contribution in [2.24, 2.45) is 0 Å². The quantitative estimate of drug-likeness (QED) is 0.871. The average Bonchev–Trinajstić information content (AvgIpc) is 2.88. The highest BCUT2D eigenvalue weighted by Gasteiger charge is 2.19. The fourth-order valence-corrected chi connectivity index (χ4v) is 2.44. The van der Waals surface area contributed by atoms with Crippen LogP contribution in [0.25, 0.3) is 0 Å². The van der Waals surface area contributed by atoms with Gasteiger partial charge in [0.1, 0.15) is 18.1 Å². The third-order valence-electron chi connectivity index (χ3n) is 3.21. The Morgan fingerprint density at radius 2 is 2.10 bits per heavy atom. The lowest BCUT2D eigenvalue weighted by atomic mass is 9.99. The van der Waals surface area contributed by atoms with E-state index in [9.17, 15) is 0 Å². The first-order valence-corrected chi connectivity index (χ1v) is 7.10. The van der Waals surface area contributed by atoms with Gasteiger partial charge >= 0.3 is 0 Å². The van der Waals surface area contributed by atoms with Crippen LogP contribution in [-0.2, 0) is 11.3 Å². The molecule has 1 N–H and O–H groups in total. The molecule has 0 saturated carbocycles. The minimum atomic E-state index is 0.00399. The van der Waals surface area contributed by atoms with Crippen LogP contribution in [-0.4, -0.2) is 13.7 Å². The fourth-order valence-electron chi connectivity index (χ4n) is 2.26. The van der Waals surface area contributed by atoms with E-state index in [2.05, 4.69) is 19.2 Å². The normalized spacial score (nSPS) is 12.6. The van der Waals surface area contributed by atoms with E-state index in [0.29, 0.717) is 6.61 Å². The predicted octanol–water partition coefficient (Wildman–Crippen LogP) is 4.09. The Balaban J connectivity index is 2.36. The number of hydrogen-bond acceptors (Lipinski definition) is 3. The molecular formula is C16H20ClNO2. The van der Waals surface area contributed by atoms with E-state index in [1.54, 1.807) is 7.11 Å². The summed E-state index contributed by atoms with van der Waals surface area (Å²) in [6.07, 6.45) is 0. The van der Waals surface area contributed by atoms with Crippen LogP contribution in [0.3, 0.4) is 0 Å². The molecule has 0 fully saturated rings. The zero-order valence-corrected chi connectivity index (χ0v) is 12.8. The second-order valence-corrected chi connectivity index (χ2v) is 5.17. The molecule has 2 rings (SSSR count). The van der Waals surface area contributed by atoms with E-state index >= 15 is 0 Å². The first-order chi connectivity index (χ1) is 9.65. The minimum absolute atomic E-state index is 0.00399. The SMILES string of the molecule is CCNC(c1ccc(COC)o1)c1cc(Cl)ccc1C. The van der Waals surface area contributed by atoms with Gasteiger partial charge in [0.2, 0.25) is 0 Å². The van der Waals surface area contributed by atoms with Crippen LogP contribution in [0, 0.1) is 6.92 Å². The maximum atomic E-state index is 6.13. The first-order valence-electron chi connectivity index (χ1n) is 6.72. The van der Waals surface area contributed by atoms with Gasteiger partial charge in [-0.25, -0.2) is 0 Å². The van der Waals surface area contributed by atoms with Gasteiger partial charge in [-0.1, -0.05) is 24.6 Å². The third kappa shape index (κ3) is 3.42. The lowest BCUT2D eigenvalue weighted by molar-refractivity contribution is 0.162. The lowest BCUT2D eigenvalue weighted by Crippen LogP contribution is -2.22. The molecule has 1 unspecified atom stereocenters. The van der Waals surface area contributed by atoms with Crippen LogP contribution in [0.4, 0.5) is 0 Å². The molecule has 108 valence electrons. The van der Waals surface area contributed by atoms with Crippen molar-refractivity contribution in [1.82, 2.24) is 5.32 Å². The summed E-state index contributed by atoms with van der Waals surface area (Å²) in [5, 5.41) is 4.18. The van der Waals surface area contributed by atoms with Gasteiger partial charge in [-0.05, 0) is 48.9 Å². The molecule has 0 radical (unpaired) electrons. The van der Waals surface area contributed by atoms with Crippen LogP contribution < -0.4 is 5.32 Å². The van der Waals surface area contributed by atoms with E-state index in [1.165, 1.54) is 5.56 Å². The molecule has 1 aromatic heterocycles. The minimum Gasteiger partial charge on any atom is -0.462 e. The number of furan rings is 1. The molecule has 1 aromatic carbocycles. The monoisotopic (exact) mass is 293 g/mol. The summed E-state index contributed by atoms with van der Waals surface area (Å²) in [6, 6.07) is 9.86. The maximum absolute atomic E-state index is 6.13. The van der Waals surface area contributed by atoms with Crippen molar-refractivity contribution < 1.29 is 9.15 Å². The van der Waals surface area contributed by atoms with Crippen molar-refractivity contribution in [2.75, 3.05) is 13.7 Å². The number of halogens is 1. The second-order valence-electron chi connectivity index (χ2n) is 4.73. The van der Waals surface area contributed by atoms with E-state index < -0.39 is 0 Å². The Hall–Kier alpha value is -1.29. The Bertz CT molecular complexity index is 565. The van der Waals surface area contributed by atoms with E-state index in [4.69, 9.17) is 20.8 Å². The topological polar surface area (TPSA) is 34.4 Å². The van der Waals surface area contributed by atoms with Gasteiger partial charge in [0, 0.05) is 12.1 Å². The van der Waals surface area contributed by atoms with Crippen LogP contribution >= 0.6 is 11.6 Å². The Morgan fingerprint density at radius 1 is 1.30 bits per heavy atom. The first kappa shape index (κ1) is 15.1. The molecule has 2 aromatic rings. The summed E-state index contributed by atoms with van der Waals surface area (Å²) in [5.41, 5.74) is 2.32. The molecule has 3 nitrogen and oxygen atoms in total. The van der Waals surface area contributed by atoms with Gasteiger partial charge in [-0.3, -0.25) is 0 Å². The van der Waals surface area contributed by atoms with Crippen molar-refractivity contribution in [2.45, 2.75) is 26.5 Å². The fraction of sp³-hybridized carbons (Fsp3) is 0.375. The van der Waals surface area contributed by atoms with Crippen molar-refractivity contribution >= 4 is 11.6 Å². The summed E-state index contributed by atoms with van der Waals surface area (Å²) in [4.78, 5) is 0. The highest BCUT2D eigenvalue weighted by atomic mass is 35.5. The molecule has 1 atom stereocenters. The Kier molecular flexibility index (Phi) is 5.24. The van der Waals surface area contributed by atoms with Crippen LogP contribution in [0.5, 0.6) is 0 Å². The number of benzene rings is 1. The predicted molar refractivity (Wildman–Crippen MR) is 81.1 cm³/mol. The molecule has 0 bridgehead atoms. The summed E-state index contributed by atoms with van der Waals surface area (Å²) in [5.74, 6) is 1.70. The Labute approximate surface area is 124 Å². The van der Waals surface area contributed by atoms with Crippen LogP contribution in [0.15, 0.2) is 34.7 Å². The zero-order chi connectivity index (χ0) is 14.5. The molecule has 4 heteroatoms. The Morgan fingerprint density at radius 3 is 2.80 bits per heavy atom. The molecule has 0 spiro atoms. The second kappa shape index (κ2) is 6.93. The summed E-state index contributed by atoms with van der Waals surface area (Å²) >= 11 is 6.13. The van der Waals surface area contributed by atoms with Crippen molar-refractivity contribution in [3.05, 3.63) is 58.0 Å². The van der Waals surface area contributed by atoms with Crippen molar-refractivity contribution in [3.63, 3.8) is 0 Å². The largest absolute Gasteiger partial charge is 0.462 e. The van der Waals surface area contributed by atoms with Gasteiger partial charge in [0.25, 0.3) is 0 Å². The molecule has 0 aliphatic rings. The zero-order valence-electron chi connectivity index (χ0n) is 12.1. The van der Waals surface area contributed by atoms with Gasteiger partial charge in [0.05, 0.1) is 6.04 Å². The van der Waals surface area contributed by atoms with Gasteiger partial charge < -0.3 is 14.5 Å². The standard InChI is InChI=1S/C16H20ClNO2/c1-4-18-16(14-9-12(17)6-5-11(14)2)15-8-7-13(20-15)10-19-3/h5-9,16,18H,4,10H2,1-3H3. The van der Waals surface area contributed by atoms with Gasteiger partial charge in [-0.15, -0.1) is 0 Å². The maximum Gasteiger partial charge on any atom is 0.129 e. The number of methoxy groups -OCH3 is 1. The van der Waals surface area contributed by atoms with Crippen LogP contribution in [0.1, 0.15) is 35.6 Å². The van der Waals surface area contributed by atoms with E-state index in [0.717, 1.165) is 28.7 Å². The number of ether oxygens (including phenoxy) is 1. The third-order valence-corrected chi connectivity index (χ3v) is 3.45. The smallest absolute Gasteiger partial charge is 0.129 e. The number of nitrogens with one attached hydrogen (secondary N) is 1. The molecule has 0 aliphatic carbocycles. The highest BCUT2D eigenvalue weighted by molar-refractivity contribution is 6.30. The molecule has 0 aliphatic heterocycles. The van der Waals surface area contributed by atoms with Crippen molar-refractivity contribution in [3.8, 4) is 0 Å². The van der Waals surface area contributed by atoms with Gasteiger partial charge in [0.15, 0.2) is 0 Å². The average molecular weight is 294 g/mol. The number of hydrogen-bond donors (Lipinski definition) is 1. The van der Waals surface area contributed by atoms with Gasteiger partial charge in [-0.2, -0.15) is 0 Å². The summed E-state index contributed by atoms with van der Waals surface area (Å²) < 4.78 is 11.0. The molecule has 0 saturated heterocycles. The van der Waals surface area contributed by atoms with Crippen molar-refractivity contribution in [1.29, 1.82) is 0 Å². The summed E-state index contributed by atoms with van der Waals surface area (Å²) in [7, 11) is 1.66. The molecule has 1 heterocycles. The van der Waals surface area contributed by atoms with Crippen LogP contribution in [0.2, 0.25) is 5.02 Å². The molecule has 0 amide bonds. The van der Waals surface area contributed by atoms with E-state index in [1.807, 2.05) is 30.3 Å². The van der Waals surface area contributed by atoms with E-state index in [-0.39, 0.29) is 6.04 Å². The molecular weight excluding hydrogens is 274 g/mol.